The summed E-state index contributed by atoms with van der Waals surface area (Å²) in [6.45, 7) is 18.0. The van der Waals surface area contributed by atoms with Gasteiger partial charge in [-0.1, -0.05) is 55.5 Å². The summed E-state index contributed by atoms with van der Waals surface area (Å²) >= 11 is 0. The van der Waals surface area contributed by atoms with Crippen LogP contribution in [0.3, 0.4) is 0 Å². The van der Waals surface area contributed by atoms with Crippen LogP contribution in [0.4, 0.5) is 0 Å². The van der Waals surface area contributed by atoms with Crippen LogP contribution >= 0.6 is 0 Å². The summed E-state index contributed by atoms with van der Waals surface area (Å²) in [5.41, 5.74) is 0.886. The van der Waals surface area contributed by atoms with E-state index in [1.807, 2.05) is 57.4 Å². The molecule has 2 amide bonds. The molecule has 0 radical (unpaired) electrons. The van der Waals surface area contributed by atoms with Crippen LogP contribution in [-0.4, -0.2) is 106 Å². The fraction of sp³-hybridized carbons (Fsp3) is 0.600. The summed E-state index contributed by atoms with van der Waals surface area (Å²) in [5, 5.41) is 2.32. The lowest BCUT2D eigenvalue weighted by Crippen LogP contribution is -2.32. The molecule has 0 aliphatic heterocycles. The zero-order chi connectivity index (χ0) is 28.4. The Morgan fingerprint density at radius 1 is 0.789 bits per heavy atom. The summed E-state index contributed by atoms with van der Waals surface area (Å²) < 4.78 is 11.7. The lowest BCUT2D eigenvalue weighted by atomic mass is 10.2. The maximum atomic E-state index is 11.9. The van der Waals surface area contributed by atoms with Crippen molar-refractivity contribution in [3.05, 3.63) is 60.4 Å². The number of likely N-dealkylation sites (N-methyl/N-ethyl adjacent to an activating group) is 2. The normalized spacial score (nSPS) is 12.8. The predicted octanol–water partition coefficient (Wildman–Crippen LogP) is 3.80. The molecule has 216 valence electrons. The lowest BCUT2D eigenvalue weighted by molar-refractivity contribution is -0.128. The maximum Gasteiger partial charge on any atom is 0.230 e. The highest BCUT2D eigenvalue weighted by Gasteiger charge is 2.07. The number of hydrogen-bond donors (Lipinski definition) is 1. The van der Waals surface area contributed by atoms with Crippen molar-refractivity contribution in [3.8, 4) is 0 Å². The molecule has 0 bridgehead atoms. The summed E-state index contributed by atoms with van der Waals surface area (Å²) in [6.07, 6.45) is 18.4. The number of allylic oxidation sites excluding steroid dienone is 6. The first kappa shape index (κ1) is 35.5. The Hall–Kier alpha value is -2.52. The Morgan fingerprint density at radius 2 is 1.34 bits per heavy atom. The van der Waals surface area contributed by atoms with Gasteiger partial charge in [-0.3, -0.25) is 19.8 Å². The van der Waals surface area contributed by atoms with Crippen molar-refractivity contribution in [1.29, 1.82) is 0 Å². The number of nitrogens with zero attached hydrogens (tertiary/aromatic N) is 3. The highest BCUT2D eigenvalue weighted by atomic mass is 16.5. The third-order valence-electron chi connectivity index (χ3n) is 5.49. The number of imide groups is 1. The van der Waals surface area contributed by atoms with Gasteiger partial charge in [-0.15, -0.1) is 0 Å². The van der Waals surface area contributed by atoms with E-state index in [1.54, 1.807) is 0 Å². The number of amides is 2. The fourth-order valence-electron chi connectivity index (χ4n) is 3.39. The summed E-state index contributed by atoms with van der Waals surface area (Å²) in [4.78, 5) is 29.7. The van der Waals surface area contributed by atoms with Crippen LogP contribution in [0.1, 0.15) is 41.0 Å². The van der Waals surface area contributed by atoms with Gasteiger partial charge >= 0.3 is 0 Å². The van der Waals surface area contributed by atoms with E-state index in [9.17, 15) is 9.59 Å². The molecule has 0 aliphatic rings. The monoisotopic (exact) mass is 532 g/mol. The molecule has 1 N–H and O–H groups in total. The van der Waals surface area contributed by atoms with Gasteiger partial charge in [-0.25, -0.2) is 0 Å². The van der Waals surface area contributed by atoms with Crippen molar-refractivity contribution in [2.45, 2.75) is 41.0 Å². The van der Waals surface area contributed by atoms with Gasteiger partial charge in [0.25, 0.3) is 0 Å². The van der Waals surface area contributed by atoms with Gasteiger partial charge in [-0.2, -0.15) is 0 Å². The molecule has 8 heteroatoms. The quantitative estimate of drug-likeness (QED) is 0.168. The average molecular weight is 533 g/mol. The largest absolute Gasteiger partial charge is 0.379 e. The van der Waals surface area contributed by atoms with Crippen LogP contribution in [0.2, 0.25) is 0 Å². The van der Waals surface area contributed by atoms with Crippen LogP contribution in [-0.2, 0) is 19.1 Å². The zero-order valence-corrected chi connectivity index (χ0v) is 24.7. The second-order valence-corrected chi connectivity index (χ2v) is 9.08. The van der Waals surface area contributed by atoms with Crippen molar-refractivity contribution < 1.29 is 19.1 Å². The minimum absolute atomic E-state index is 0.187. The third-order valence-corrected chi connectivity index (χ3v) is 5.49. The van der Waals surface area contributed by atoms with Gasteiger partial charge in [0.2, 0.25) is 11.8 Å². The topological polar surface area (TPSA) is 74.3 Å². The van der Waals surface area contributed by atoms with Gasteiger partial charge in [-0.05, 0) is 46.1 Å². The number of nitrogens with one attached hydrogen (secondary N) is 1. The number of ether oxygens (including phenoxy) is 2. The third kappa shape index (κ3) is 22.7. The minimum Gasteiger partial charge on any atom is -0.379 e. The molecule has 0 rings (SSSR count). The van der Waals surface area contributed by atoms with E-state index >= 15 is 0 Å². The molecule has 0 spiro atoms. The number of rotatable bonds is 22. The van der Waals surface area contributed by atoms with E-state index in [2.05, 4.69) is 52.2 Å². The zero-order valence-electron chi connectivity index (χ0n) is 24.7. The van der Waals surface area contributed by atoms with Crippen molar-refractivity contribution in [2.24, 2.45) is 0 Å². The smallest absolute Gasteiger partial charge is 0.230 e. The molecule has 0 aromatic rings. The predicted molar refractivity (Wildman–Crippen MR) is 158 cm³/mol. The second-order valence-electron chi connectivity index (χ2n) is 9.08. The maximum absolute atomic E-state index is 11.9. The Kier molecular flexibility index (Phi) is 23.2. The van der Waals surface area contributed by atoms with Crippen molar-refractivity contribution in [3.63, 3.8) is 0 Å². The number of hydrogen-bond acceptors (Lipinski definition) is 7. The average Bonchev–Trinajstić information content (AvgIpc) is 2.86. The van der Waals surface area contributed by atoms with Gasteiger partial charge in [0.05, 0.1) is 26.4 Å². The van der Waals surface area contributed by atoms with E-state index in [0.717, 1.165) is 44.9 Å². The Labute approximate surface area is 231 Å². The molecule has 0 heterocycles. The van der Waals surface area contributed by atoms with Crippen LogP contribution in [0.25, 0.3) is 0 Å². The summed E-state index contributed by atoms with van der Waals surface area (Å²) in [6, 6.07) is 0. The lowest BCUT2D eigenvalue weighted by Gasteiger charge is -2.22. The Bertz CT molecular complexity index is 774. The molecule has 0 unspecified atom stereocenters. The summed E-state index contributed by atoms with van der Waals surface area (Å²) in [5.74, 6) is -0.633. The van der Waals surface area contributed by atoms with Gasteiger partial charge in [0.15, 0.2) is 0 Å². The van der Waals surface area contributed by atoms with Crippen LogP contribution in [0.15, 0.2) is 60.4 Å². The first-order valence-electron chi connectivity index (χ1n) is 13.7. The summed E-state index contributed by atoms with van der Waals surface area (Å²) in [7, 11) is 2.10. The first-order valence-corrected chi connectivity index (χ1v) is 13.7. The van der Waals surface area contributed by atoms with Crippen molar-refractivity contribution >= 4 is 11.8 Å². The van der Waals surface area contributed by atoms with Gasteiger partial charge < -0.3 is 19.3 Å². The highest BCUT2D eigenvalue weighted by Crippen LogP contribution is 2.04. The molecule has 8 nitrogen and oxygen atoms in total. The minimum atomic E-state index is -0.341. The van der Waals surface area contributed by atoms with E-state index in [-0.39, 0.29) is 18.2 Å². The van der Waals surface area contributed by atoms with Crippen LogP contribution in [0, 0.1) is 0 Å². The second kappa shape index (κ2) is 24.8. The first-order chi connectivity index (χ1) is 18.3. The SMILES string of the molecule is C/C=C\C=C/CN(C)CCOCCN(CC)CCOCCN(/C=C(\C)CC(=O)NC(C)=O)C/C=C\C=C/C. The Morgan fingerprint density at radius 3 is 1.89 bits per heavy atom. The van der Waals surface area contributed by atoms with E-state index in [4.69, 9.17) is 9.47 Å². The van der Waals surface area contributed by atoms with E-state index < -0.39 is 0 Å². The van der Waals surface area contributed by atoms with E-state index in [0.29, 0.717) is 32.9 Å². The fourth-order valence-corrected chi connectivity index (χ4v) is 3.39. The molecule has 0 aliphatic carbocycles. The van der Waals surface area contributed by atoms with Crippen LogP contribution in [0.5, 0.6) is 0 Å². The molecule has 0 aromatic carbocycles. The van der Waals surface area contributed by atoms with Crippen LogP contribution < -0.4 is 5.32 Å². The molecule has 0 atom stereocenters. The molecular weight excluding hydrogens is 480 g/mol. The van der Waals surface area contributed by atoms with E-state index in [1.165, 1.54) is 6.92 Å². The number of carbonyl (C=O) groups is 2. The van der Waals surface area contributed by atoms with Crippen molar-refractivity contribution in [2.75, 3.05) is 79.3 Å². The highest BCUT2D eigenvalue weighted by molar-refractivity contribution is 5.94. The molecule has 0 saturated heterocycles. The van der Waals surface area contributed by atoms with Gasteiger partial charge in [0.1, 0.15) is 0 Å². The molecule has 0 fully saturated rings. The Balaban J connectivity index is 4.34. The molecule has 0 saturated carbocycles. The van der Waals surface area contributed by atoms with Crippen molar-refractivity contribution in [1.82, 2.24) is 20.0 Å². The standard InChI is InChI=1S/C30H52N4O4/c1-7-10-12-14-16-32(6)18-22-37-23-19-33(9-3)20-24-38-25-21-34(17-15-13-11-8-2)27-28(4)26-30(36)31-29(5)35/h7-8,10-15,27H,9,16-26H2,1-6H3,(H,31,35,36)/b10-7-,11-8-,14-12-,15-13-,28-27+. The molecular formula is C30H52N4O4. The number of carbonyl (C=O) groups excluding carboxylic acids is 2. The van der Waals surface area contributed by atoms with Gasteiger partial charge in [0, 0.05) is 52.6 Å². The molecule has 0 aromatic heterocycles. The molecule has 38 heavy (non-hydrogen) atoms.